The fourth-order valence-electron chi connectivity index (χ4n) is 5.45. The van der Waals surface area contributed by atoms with Crippen LogP contribution in [0.5, 0.6) is 5.75 Å². The third kappa shape index (κ3) is 7.56. The monoisotopic (exact) mass is 516 g/mol. The summed E-state index contributed by atoms with van der Waals surface area (Å²) in [6.45, 7) is 3.82. The van der Waals surface area contributed by atoms with Crippen molar-refractivity contribution < 1.29 is 26.7 Å². The summed E-state index contributed by atoms with van der Waals surface area (Å²) >= 11 is 0. The predicted molar refractivity (Wildman–Crippen MR) is 138 cm³/mol. The molecule has 6 heteroatoms. The number of fused-ring (bicyclic) bond motifs is 1. The van der Waals surface area contributed by atoms with Crippen LogP contribution in [-0.4, -0.2) is 6.36 Å². The van der Waals surface area contributed by atoms with Crippen molar-refractivity contribution in [1.82, 2.24) is 0 Å². The molecular weight excluding hydrogens is 483 g/mol. The molecule has 0 heterocycles. The number of alkyl halides is 3. The van der Waals surface area contributed by atoms with Gasteiger partial charge in [-0.25, -0.2) is 8.78 Å². The molecule has 0 bridgehead atoms. The lowest BCUT2D eigenvalue weighted by Gasteiger charge is -2.28. The second-order valence-corrected chi connectivity index (χ2v) is 10.2. The van der Waals surface area contributed by atoms with E-state index in [1.807, 2.05) is 24.3 Å². The van der Waals surface area contributed by atoms with Crippen LogP contribution in [-0.2, 0) is 19.3 Å². The Hall–Kier alpha value is -2.89. The fourth-order valence-corrected chi connectivity index (χ4v) is 5.45. The van der Waals surface area contributed by atoms with E-state index in [1.54, 1.807) is 6.07 Å². The van der Waals surface area contributed by atoms with Gasteiger partial charge in [-0.1, -0.05) is 68.2 Å². The highest BCUT2D eigenvalue weighted by Crippen LogP contribution is 2.34. The first-order valence-electron chi connectivity index (χ1n) is 13.1. The van der Waals surface area contributed by atoms with Crippen LogP contribution in [0.2, 0.25) is 0 Å². The number of benzene rings is 3. The van der Waals surface area contributed by atoms with Crippen LogP contribution in [0.1, 0.15) is 61.6 Å². The van der Waals surface area contributed by atoms with Crippen molar-refractivity contribution in [3.05, 3.63) is 89.5 Å². The van der Waals surface area contributed by atoms with Gasteiger partial charge in [-0.05, 0) is 84.6 Å². The van der Waals surface area contributed by atoms with Gasteiger partial charge in [-0.3, -0.25) is 0 Å². The topological polar surface area (TPSA) is 9.23 Å². The molecule has 0 aliphatic heterocycles. The van der Waals surface area contributed by atoms with Gasteiger partial charge >= 0.3 is 6.36 Å². The number of hydrogen-bond donors (Lipinski definition) is 0. The Bertz CT molecular complexity index is 1210. The van der Waals surface area contributed by atoms with E-state index < -0.39 is 17.9 Å². The van der Waals surface area contributed by atoms with E-state index in [9.17, 15) is 17.6 Å². The number of halogens is 5. The van der Waals surface area contributed by atoms with Gasteiger partial charge in [0.25, 0.3) is 0 Å². The average molecular weight is 517 g/mol. The molecule has 3 aromatic rings. The van der Waals surface area contributed by atoms with Crippen LogP contribution in [0.25, 0.3) is 10.8 Å². The molecular formula is C31H33F5O. The third-order valence-corrected chi connectivity index (χ3v) is 7.59. The van der Waals surface area contributed by atoms with E-state index in [-0.39, 0.29) is 5.82 Å². The second-order valence-electron chi connectivity index (χ2n) is 10.2. The van der Waals surface area contributed by atoms with E-state index >= 15 is 4.39 Å². The third-order valence-electron chi connectivity index (χ3n) is 7.59. The molecule has 0 radical (unpaired) electrons. The van der Waals surface area contributed by atoms with Crippen LogP contribution in [0.3, 0.4) is 0 Å². The summed E-state index contributed by atoms with van der Waals surface area (Å²) in [6.07, 6.45) is 7.35. The predicted octanol–water partition coefficient (Wildman–Crippen LogP) is 9.51. The SMILES string of the molecule is C=CCCC1CCC(CCc2ccc3c(F)c(CCc4ccc(OC(F)(F)F)c(F)c4)ccc3c2)CC1. The van der Waals surface area contributed by atoms with Crippen LogP contribution in [0.4, 0.5) is 22.0 Å². The minimum Gasteiger partial charge on any atom is -0.403 e. The van der Waals surface area contributed by atoms with Gasteiger partial charge in [0.1, 0.15) is 5.82 Å². The molecule has 1 aliphatic carbocycles. The summed E-state index contributed by atoms with van der Waals surface area (Å²) < 4.78 is 69.8. The van der Waals surface area contributed by atoms with Crippen molar-refractivity contribution in [2.24, 2.45) is 11.8 Å². The fraction of sp³-hybridized carbons (Fsp3) is 0.419. The van der Waals surface area contributed by atoms with Gasteiger partial charge in [0.15, 0.2) is 11.6 Å². The lowest BCUT2D eigenvalue weighted by Crippen LogP contribution is -2.18. The molecule has 1 fully saturated rings. The number of rotatable bonds is 10. The Labute approximate surface area is 215 Å². The molecule has 3 aromatic carbocycles. The van der Waals surface area contributed by atoms with Crippen LogP contribution < -0.4 is 4.74 Å². The van der Waals surface area contributed by atoms with Crippen molar-refractivity contribution in [1.29, 1.82) is 0 Å². The highest BCUT2D eigenvalue weighted by molar-refractivity contribution is 5.84. The van der Waals surface area contributed by atoms with Crippen molar-refractivity contribution in [3.8, 4) is 5.75 Å². The Kier molecular flexibility index (Phi) is 8.88. The minimum absolute atomic E-state index is 0.291. The summed E-state index contributed by atoms with van der Waals surface area (Å²) in [7, 11) is 0. The van der Waals surface area contributed by atoms with E-state index in [4.69, 9.17) is 0 Å². The quantitative estimate of drug-likeness (QED) is 0.193. The van der Waals surface area contributed by atoms with E-state index in [2.05, 4.69) is 17.4 Å². The lowest BCUT2D eigenvalue weighted by atomic mass is 9.78. The van der Waals surface area contributed by atoms with E-state index in [0.717, 1.165) is 48.6 Å². The van der Waals surface area contributed by atoms with Crippen LogP contribution in [0.15, 0.2) is 61.2 Å². The molecule has 0 N–H and O–H groups in total. The zero-order valence-electron chi connectivity index (χ0n) is 20.9. The molecule has 0 unspecified atom stereocenters. The highest BCUT2D eigenvalue weighted by Gasteiger charge is 2.32. The largest absolute Gasteiger partial charge is 0.573 e. The smallest absolute Gasteiger partial charge is 0.403 e. The van der Waals surface area contributed by atoms with E-state index in [1.165, 1.54) is 43.7 Å². The normalized spacial score (nSPS) is 18.2. The maximum atomic E-state index is 15.2. The molecule has 0 aromatic heterocycles. The first kappa shape index (κ1) is 27.2. The zero-order chi connectivity index (χ0) is 26.4. The lowest BCUT2D eigenvalue weighted by molar-refractivity contribution is -0.275. The summed E-state index contributed by atoms with van der Waals surface area (Å²) in [5, 5.41) is 1.40. The molecule has 1 aliphatic rings. The molecule has 1 saturated carbocycles. The highest BCUT2D eigenvalue weighted by atomic mass is 19.4. The molecule has 0 atom stereocenters. The number of ether oxygens (including phenoxy) is 1. The standard InChI is InChI=1S/C31H33F5O/c1-2-3-4-21-5-7-22(8-6-21)9-10-23-12-17-27-26(19-23)16-15-25(30(27)33)14-11-24-13-18-29(28(32)20-24)37-31(34,35)36/h2,12-13,15-22H,1,3-11,14H2. The molecule has 4 rings (SSSR count). The van der Waals surface area contributed by atoms with Gasteiger partial charge in [-0.2, -0.15) is 0 Å². The molecule has 1 nitrogen and oxygen atoms in total. The van der Waals surface area contributed by atoms with Gasteiger partial charge in [-0.15, -0.1) is 19.8 Å². The van der Waals surface area contributed by atoms with Gasteiger partial charge in [0, 0.05) is 5.39 Å². The molecule has 0 amide bonds. The number of hydrogen-bond acceptors (Lipinski definition) is 1. The number of allylic oxidation sites excluding steroid dienone is 1. The van der Waals surface area contributed by atoms with Gasteiger partial charge in [0.05, 0.1) is 0 Å². The van der Waals surface area contributed by atoms with Crippen molar-refractivity contribution >= 4 is 10.8 Å². The van der Waals surface area contributed by atoms with Gasteiger partial charge in [0.2, 0.25) is 0 Å². The Balaban J connectivity index is 1.33. The molecule has 198 valence electrons. The summed E-state index contributed by atoms with van der Waals surface area (Å²) in [6, 6.07) is 12.9. The van der Waals surface area contributed by atoms with Crippen molar-refractivity contribution in [2.45, 2.75) is 70.6 Å². The maximum Gasteiger partial charge on any atom is 0.573 e. The molecule has 0 spiro atoms. The zero-order valence-corrected chi connectivity index (χ0v) is 20.9. The summed E-state index contributed by atoms with van der Waals surface area (Å²) in [4.78, 5) is 0. The maximum absolute atomic E-state index is 15.2. The van der Waals surface area contributed by atoms with E-state index in [0.29, 0.717) is 29.4 Å². The van der Waals surface area contributed by atoms with Crippen molar-refractivity contribution in [3.63, 3.8) is 0 Å². The average Bonchev–Trinajstić information content (AvgIpc) is 2.87. The van der Waals surface area contributed by atoms with Crippen molar-refractivity contribution in [2.75, 3.05) is 0 Å². The second kappa shape index (κ2) is 12.1. The van der Waals surface area contributed by atoms with Crippen LogP contribution in [0, 0.1) is 23.5 Å². The van der Waals surface area contributed by atoms with Gasteiger partial charge < -0.3 is 4.74 Å². The number of aryl methyl sites for hydroxylation is 3. The first-order chi connectivity index (χ1) is 17.7. The molecule has 37 heavy (non-hydrogen) atoms. The Morgan fingerprint density at radius 3 is 2.16 bits per heavy atom. The first-order valence-corrected chi connectivity index (χ1v) is 13.1. The summed E-state index contributed by atoms with van der Waals surface area (Å²) in [5.41, 5.74) is 2.17. The Morgan fingerprint density at radius 2 is 1.49 bits per heavy atom. The summed E-state index contributed by atoms with van der Waals surface area (Å²) in [5.74, 6) is -0.677. The minimum atomic E-state index is -4.96. The Morgan fingerprint density at radius 1 is 0.811 bits per heavy atom. The molecule has 0 saturated heterocycles. The van der Waals surface area contributed by atoms with Crippen LogP contribution >= 0.6 is 0 Å².